The van der Waals surface area contributed by atoms with E-state index in [2.05, 4.69) is 6.92 Å². The Labute approximate surface area is 125 Å². The van der Waals surface area contributed by atoms with Gasteiger partial charge in [0.2, 0.25) is 0 Å². The first kappa shape index (κ1) is 17.0. The number of benzene rings is 1. The van der Waals surface area contributed by atoms with Crippen molar-refractivity contribution >= 4 is 11.9 Å². The average Bonchev–Trinajstić information content (AvgIpc) is 2.49. The lowest BCUT2D eigenvalue weighted by Gasteiger charge is -2.17. The second-order valence-corrected chi connectivity index (χ2v) is 4.86. The number of hydrogen-bond acceptors (Lipinski definition) is 3. The SMILES string of the molecule is CCCCCCC(OC(=O)C=CC(=O)O)c1ccccc1. The third-order valence-electron chi connectivity index (χ3n) is 3.11. The molecule has 4 heteroatoms. The molecule has 0 spiro atoms. The minimum atomic E-state index is -1.16. The summed E-state index contributed by atoms with van der Waals surface area (Å²) in [5, 5.41) is 8.52. The van der Waals surface area contributed by atoms with Crippen molar-refractivity contribution in [3.05, 3.63) is 48.0 Å². The van der Waals surface area contributed by atoms with Gasteiger partial charge in [0.25, 0.3) is 0 Å². The quantitative estimate of drug-likeness (QED) is 0.426. The van der Waals surface area contributed by atoms with Crippen LogP contribution in [0, 0.1) is 0 Å². The molecule has 1 unspecified atom stereocenters. The summed E-state index contributed by atoms with van der Waals surface area (Å²) >= 11 is 0. The van der Waals surface area contributed by atoms with Gasteiger partial charge >= 0.3 is 11.9 Å². The van der Waals surface area contributed by atoms with Crippen LogP contribution in [0.2, 0.25) is 0 Å². The molecule has 1 atom stereocenters. The normalized spacial score (nSPS) is 12.2. The molecule has 0 saturated heterocycles. The number of rotatable bonds is 9. The number of hydrogen-bond donors (Lipinski definition) is 1. The van der Waals surface area contributed by atoms with Crippen molar-refractivity contribution in [2.45, 2.75) is 45.1 Å². The lowest BCUT2D eigenvalue weighted by molar-refractivity contribution is -0.144. The van der Waals surface area contributed by atoms with Gasteiger partial charge < -0.3 is 9.84 Å². The molecule has 0 aliphatic heterocycles. The molecule has 1 rings (SSSR count). The smallest absolute Gasteiger partial charge is 0.331 e. The molecule has 0 bridgehead atoms. The van der Waals surface area contributed by atoms with Gasteiger partial charge in [-0.2, -0.15) is 0 Å². The summed E-state index contributed by atoms with van der Waals surface area (Å²) in [4.78, 5) is 22.1. The number of esters is 1. The van der Waals surface area contributed by atoms with Crippen LogP contribution in [0.4, 0.5) is 0 Å². The Kier molecular flexibility index (Phi) is 7.87. The van der Waals surface area contributed by atoms with E-state index in [9.17, 15) is 9.59 Å². The molecule has 0 amide bonds. The fraction of sp³-hybridized carbons (Fsp3) is 0.412. The highest BCUT2D eigenvalue weighted by Crippen LogP contribution is 2.24. The lowest BCUT2D eigenvalue weighted by atomic mass is 10.0. The summed E-state index contributed by atoms with van der Waals surface area (Å²) in [5.41, 5.74) is 0.936. The Balaban J connectivity index is 2.63. The Bertz CT molecular complexity index is 465. The monoisotopic (exact) mass is 290 g/mol. The van der Waals surface area contributed by atoms with Gasteiger partial charge in [-0.05, 0) is 18.4 Å². The van der Waals surface area contributed by atoms with Crippen LogP contribution >= 0.6 is 0 Å². The van der Waals surface area contributed by atoms with Crippen LogP contribution in [0.3, 0.4) is 0 Å². The molecule has 4 nitrogen and oxygen atoms in total. The van der Waals surface area contributed by atoms with E-state index in [1.807, 2.05) is 30.3 Å². The average molecular weight is 290 g/mol. The fourth-order valence-corrected chi connectivity index (χ4v) is 2.04. The molecule has 21 heavy (non-hydrogen) atoms. The summed E-state index contributed by atoms with van der Waals surface area (Å²) in [6.07, 6.45) is 6.55. The van der Waals surface area contributed by atoms with Gasteiger partial charge in [0, 0.05) is 12.2 Å². The third kappa shape index (κ3) is 7.30. The number of carboxylic acid groups (broad SMARTS) is 1. The first-order valence-corrected chi connectivity index (χ1v) is 7.30. The first-order valence-electron chi connectivity index (χ1n) is 7.30. The second-order valence-electron chi connectivity index (χ2n) is 4.86. The molecular formula is C17H22O4. The Hall–Kier alpha value is -2.10. The maximum absolute atomic E-state index is 11.6. The van der Waals surface area contributed by atoms with Crippen molar-refractivity contribution in [1.29, 1.82) is 0 Å². The van der Waals surface area contributed by atoms with Crippen LogP contribution in [-0.4, -0.2) is 17.0 Å². The van der Waals surface area contributed by atoms with Crippen LogP contribution < -0.4 is 0 Å². The summed E-state index contributed by atoms with van der Waals surface area (Å²) in [6, 6.07) is 9.53. The zero-order valence-corrected chi connectivity index (χ0v) is 12.3. The van der Waals surface area contributed by atoms with E-state index in [1.54, 1.807) is 0 Å². The molecule has 1 N–H and O–H groups in total. The number of ether oxygens (including phenoxy) is 1. The molecule has 0 fully saturated rings. The Morgan fingerprint density at radius 2 is 1.86 bits per heavy atom. The lowest BCUT2D eigenvalue weighted by Crippen LogP contribution is -2.10. The first-order chi connectivity index (χ1) is 10.1. The maximum atomic E-state index is 11.6. The van der Waals surface area contributed by atoms with Crippen molar-refractivity contribution in [3.8, 4) is 0 Å². The molecule has 114 valence electrons. The minimum absolute atomic E-state index is 0.325. The molecule has 0 radical (unpaired) electrons. The molecule has 1 aromatic rings. The number of carbonyl (C=O) groups excluding carboxylic acids is 1. The van der Waals surface area contributed by atoms with Gasteiger partial charge in [-0.15, -0.1) is 0 Å². The molecule has 0 heterocycles. The summed E-state index contributed by atoms with van der Waals surface area (Å²) in [5.74, 6) is -1.78. The highest BCUT2D eigenvalue weighted by molar-refractivity contribution is 5.90. The van der Waals surface area contributed by atoms with E-state index in [0.717, 1.165) is 49.8 Å². The van der Waals surface area contributed by atoms with Crippen molar-refractivity contribution in [1.82, 2.24) is 0 Å². The number of aliphatic carboxylic acids is 1. The van der Waals surface area contributed by atoms with Gasteiger partial charge in [-0.3, -0.25) is 0 Å². The maximum Gasteiger partial charge on any atom is 0.331 e. The van der Waals surface area contributed by atoms with Gasteiger partial charge in [0.05, 0.1) is 0 Å². The predicted octanol–water partition coefficient (Wildman–Crippen LogP) is 3.88. The molecule has 0 aromatic heterocycles. The largest absolute Gasteiger partial charge is 0.478 e. The van der Waals surface area contributed by atoms with E-state index in [-0.39, 0.29) is 6.10 Å². The minimum Gasteiger partial charge on any atom is -0.478 e. The summed E-state index contributed by atoms with van der Waals surface area (Å²) < 4.78 is 5.38. The molecule has 0 saturated carbocycles. The van der Waals surface area contributed by atoms with E-state index in [4.69, 9.17) is 9.84 Å². The van der Waals surface area contributed by atoms with E-state index >= 15 is 0 Å². The molecule has 1 aromatic carbocycles. The van der Waals surface area contributed by atoms with E-state index < -0.39 is 11.9 Å². The van der Waals surface area contributed by atoms with Gasteiger partial charge in [0.15, 0.2) is 0 Å². The zero-order valence-electron chi connectivity index (χ0n) is 12.3. The van der Waals surface area contributed by atoms with E-state index in [0.29, 0.717) is 0 Å². The zero-order chi connectivity index (χ0) is 15.5. The van der Waals surface area contributed by atoms with E-state index in [1.165, 1.54) is 0 Å². The molecule has 0 aliphatic carbocycles. The van der Waals surface area contributed by atoms with Crippen LogP contribution in [0.1, 0.15) is 50.7 Å². The van der Waals surface area contributed by atoms with Crippen molar-refractivity contribution in [2.24, 2.45) is 0 Å². The highest BCUT2D eigenvalue weighted by Gasteiger charge is 2.15. The summed E-state index contributed by atoms with van der Waals surface area (Å²) in [7, 11) is 0. The highest BCUT2D eigenvalue weighted by atomic mass is 16.5. The molecule has 0 aliphatic rings. The predicted molar refractivity (Wildman–Crippen MR) is 80.8 cm³/mol. The number of carboxylic acids is 1. The fourth-order valence-electron chi connectivity index (χ4n) is 2.04. The second kappa shape index (κ2) is 9.75. The van der Waals surface area contributed by atoms with Crippen molar-refractivity contribution < 1.29 is 19.4 Å². The van der Waals surface area contributed by atoms with Crippen LogP contribution in [0.15, 0.2) is 42.5 Å². The third-order valence-corrected chi connectivity index (χ3v) is 3.11. The van der Waals surface area contributed by atoms with Crippen LogP contribution in [0.25, 0.3) is 0 Å². The van der Waals surface area contributed by atoms with Crippen molar-refractivity contribution in [3.63, 3.8) is 0 Å². The molecular weight excluding hydrogens is 268 g/mol. The Morgan fingerprint density at radius 1 is 1.14 bits per heavy atom. The van der Waals surface area contributed by atoms with Crippen LogP contribution in [-0.2, 0) is 14.3 Å². The number of unbranched alkanes of at least 4 members (excludes halogenated alkanes) is 3. The van der Waals surface area contributed by atoms with Gasteiger partial charge in [-0.1, -0.05) is 56.5 Å². The topological polar surface area (TPSA) is 63.6 Å². The van der Waals surface area contributed by atoms with Crippen LogP contribution in [0.5, 0.6) is 0 Å². The standard InChI is InChI=1S/C17H22O4/c1-2-3-4-8-11-15(14-9-6-5-7-10-14)21-17(20)13-12-16(18)19/h5-7,9-10,12-13,15H,2-4,8,11H2,1H3,(H,18,19). The van der Waals surface area contributed by atoms with Gasteiger partial charge in [-0.25, -0.2) is 9.59 Å². The van der Waals surface area contributed by atoms with Crippen molar-refractivity contribution in [2.75, 3.05) is 0 Å². The summed E-state index contributed by atoms with van der Waals surface area (Å²) in [6.45, 7) is 2.14. The Morgan fingerprint density at radius 3 is 2.48 bits per heavy atom. The van der Waals surface area contributed by atoms with Gasteiger partial charge in [0.1, 0.15) is 6.10 Å². The number of carbonyl (C=O) groups is 2.